The van der Waals surface area contributed by atoms with Crippen molar-refractivity contribution < 1.29 is 14.3 Å². The Morgan fingerprint density at radius 2 is 1.64 bits per heavy atom. The van der Waals surface area contributed by atoms with Gasteiger partial charge in [0.25, 0.3) is 5.91 Å². The van der Waals surface area contributed by atoms with Gasteiger partial charge in [0.15, 0.2) is 0 Å². The van der Waals surface area contributed by atoms with Crippen LogP contribution >= 0.6 is 0 Å². The van der Waals surface area contributed by atoms with Crippen LogP contribution in [0.4, 0.5) is 0 Å². The lowest BCUT2D eigenvalue weighted by atomic mass is 10.1. The summed E-state index contributed by atoms with van der Waals surface area (Å²) >= 11 is 0. The van der Waals surface area contributed by atoms with E-state index in [-0.39, 0.29) is 18.2 Å². The molecule has 2 aromatic carbocycles. The normalized spacial score (nSPS) is 10.2. The number of amides is 2. The van der Waals surface area contributed by atoms with E-state index in [0.29, 0.717) is 25.3 Å². The van der Waals surface area contributed by atoms with Crippen molar-refractivity contribution in [3.05, 3.63) is 65.2 Å². The van der Waals surface area contributed by atoms with E-state index < -0.39 is 0 Å². The number of ether oxygens (including phenoxy) is 1. The Morgan fingerprint density at radius 3 is 2.36 bits per heavy atom. The van der Waals surface area contributed by atoms with E-state index in [9.17, 15) is 9.59 Å². The minimum atomic E-state index is -0.134. The zero-order valence-electron chi connectivity index (χ0n) is 14.7. The van der Waals surface area contributed by atoms with Crippen molar-refractivity contribution in [2.24, 2.45) is 0 Å². The van der Waals surface area contributed by atoms with Crippen molar-refractivity contribution in [2.75, 3.05) is 19.7 Å². The minimum absolute atomic E-state index is 0.101. The van der Waals surface area contributed by atoms with Crippen molar-refractivity contribution >= 4 is 11.8 Å². The maximum atomic E-state index is 12.0. The van der Waals surface area contributed by atoms with Gasteiger partial charge in [0, 0.05) is 18.7 Å². The predicted octanol–water partition coefficient (Wildman–Crippen LogP) is 2.62. The third-order valence-corrected chi connectivity index (χ3v) is 3.84. The largest absolute Gasteiger partial charge is 0.493 e. The molecule has 2 aromatic rings. The van der Waals surface area contributed by atoms with Gasteiger partial charge in [0.2, 0.25) is 5.91 Å². The fourth-order valence-corrected chi connectivity index (χ4v) is 2.23. The number of rotatable bonds is 8. The van der Waals surface area contributed by atoms with Crippen LogP contribution in [0.2, 0.25) is 0 Å². The van der Waals surface area contributed by atoms with Gasteiger partial charge in [-0.3, -0.25) is 9.59 Å². The van der Waals surface area contributed by atoms with Crippen LogP contribution < -0.4 is 15.4 Å². The van der Waals surface area contributed by atoms with Gasteiger partial charge in [-0.1, -0.05) is 24.3 Å². The first-order valence-electron chi connectivity index (χ1n) is 8.36. The van der Waals surface area contributed by atoms with Gasteiger partial charge in [0.05, 0.1) is 13.0 Å². The molecule has 0 bridgehead atoms. The maximum Gasteiger partial charge on any atom is 0.251 e. The number of benzene rings is 2. The predicted molar refractivity (Wildman–Crippen MR) is 97.8 cm³/mol. The van der Waals surface area contributed by atoms with Crippen LogP contribution in [0.1, 0.15) is 27.9 Å². The summed E-state index contributed by atoms with van der Waals surface area (Å²) in [6.45, 7) is 5.08. The van der Waals surface area contributed by atoms with Crippen molar-refractivity contribution in [3.63, 3.8) is 0 Å². The van der Waals surface area contributed by atoms with Gasteiger partial charge in [-0.05, 0) is 49.2 Å². The summed E-state index contributed by atoms with van der Waals surface area (Å²) in [7, 11) is 0. The summed E-state index contributed by atoms with van der Waals surface area (Å²) in [6.07, 6.45) is 0.278. The number of hydrogen-bond donors (Lipinski definition) is 2. The van der Waals surface area contributed by atoms with E-state index in [1.54, 1.807) is 6.07 Å². The average molecular weight is 340 g/mol. The van der Waals surface area contributed by atoms with Crippen LogP contribution in [0.3, 0.4) is 0 Å². The molecule has 0 aromatic heterocycles. The number of hydrogen-bond acceptors (Lipinski definition) is 3. The number of nitrogens with one attached hydrogen (secondary N) is 2. The first-order chi connectivity index (χ1) is 12.1. The first-order valence-corrected chi connectivity index (χ1v) is 8.36. The molecule has 0 unspecified atom stereocenters. The molecule has 0 aliphatic carbocycles. The molecule has 0 radical (unpaired) electrons. The van der Waals surface area contributed by atoms with E-state index in [2.05, 4.69) is 10.6 Å². The lowest BCUT2D eigenvalue weighted by Gasteiger charge is -2.09. The van der Waals surface area contributed by atoms with Crippen molar-refractivity contribution in [1.82, 2.24) is 10.6 Å². The maximum absolute atomic E-state index is 12.0. The lowest BCUT2D eigenvalue weighted by molar-refractivity contribution is -0.121. The molecule has 0 saturated heterocycles. The van der Waals surface area contributed by atoms with Crippen LogP contribution in [0.5, 0.6) is 5.75 Å². The van der Waals surface area contributed by atoms with Gasteiger partial charge in [0.1, 0.15) is 5.75 Å². The Hall–Kier alpha value is -2.82. The zero-order chi connectivity index (χ0) is 18.1. The summed E-state index contributed by atoms with van der Waals surface area (Å²) < 4.78 is 5.47. The molecule has 25 heavy (non-hydrogen) atoms. The highest BCUT2D eigenvalue weighted by molar-refractivity contribution is 5.94. The molecule has 0 aliphatic rings. The van der Waals surface area contributed by atoms with Crippen LogP contribution in [-0.2, 0) is 4.79 Å². The second kappa shape index (κ2) is 9.47. The summed E-state index contributed by atoms with van der Waals surface area (Å²) in [6, 6.07) is 15.0. The van der Waals surface area contributed by atoms with Crippen LogP contribution in [0, 0.1) is 13.8 Å². The van der Waals surface area contributed by atoms with Crippen LogP contribution in [0.15, 0.2) is 48.5 Å². The van der Waals surface area contributed by atoms with Gasteiger partial charge in [-0.25, -0.2) is 0 Å². The molecule has 132 valence electrons. The fraction of sp³-hybridized carbons (Fsp3) is 0.300. The molecule has 0 spiro atoms. The summed E-state index contributed by atoms with van der Waals surface area (Å²) in [4.78, 5) is 23.8. The van der Waals surface area contributed by atoms with Gasteiger partial charge >= 0.3 is 0 Å². The monoisotopic (exact) mass is 340 g/mol. The molecule has 0 heterocycles. The first kappa shape index (κ1) is 18.5. The zero-order valence-corrected chi connectivity index (χ0v) is 14.7. The summed E-state index contributed by atoms with van der Waals surface area (Å²) in [5, 5.41) is 5.56. The molecule has 5 nitrogen and oxygen atoms in total. The topological polar surface area (TPSA) is 67.4 Å². The Balaban J connectivity index is 1.61. The minimum Gasteiger partial charge on any atom is -0.493 e. The highest BCUT2D eigenvalue weighted by Crippen LogP contribution is 2.09. The molecule has 0 saturated carbocycles. The van der Waals surface area contributed by atoms with Crippen molar-refractivity contribution in [3.8, 4) is 5.75 Å². The summed E-state index contributed by atoms with van der Waals surface area (Å²) in [5.41, 5.74) is 2.87. The van der Waals surface area contributed by atoms with Crippen molar-refractivity contribution in [2.45, 2.75) is 20.3 Å². The Labute approximate surface area is 148 Å². The number of carbonyl (C=O) groups is 2. The van der Waals surface area contributed by atoms with Crippen molar-refractivity contribution in [1.29, 1.82) is 0 Å². The quantitative estimate of drug-likeness (QED) is 0.726. The number of carbonyl (C=O) groups excluding carboxylic acids is 2. The Bertz CT molecular complexity index is 714. The molecule has 5 heteroatoms. The molecule has 2 amide bonds. The van der Waals surface area contributed by atoms with Gasteiger partial charge < -0.3 is 15.4 Å². The Kier molecular flexibility index (Phi) is 7.01. The second-order valence-corrected chi connectivity index (χ2v) is 5.82. The molecule has 2 N–H and O–H groups in total. The average Bonchev–Trinajstić information content (AvgIpc) is 2.62. The highest BCUT2D eigenvalue weighted by atomic mass is 16.5. The number of para-hydroxylation sites is 1. The standard InChI is InChI=1S/C20H24N2O3/c1-15-8-9-17(14-16(15)2)20(24)22-12-11-21-19(23)10-13-25-18-6-4-3-5-7-18/h3-9,14H,10-13H2,1-2H3,(H,21,23)(H,22,24). The molecule has 0 atom stereocenters. The molecule has 0 fully saturated rings. The van der Waals surface area contributed by atoms with E-state index in [1.165, 1.54) is 0 Å². The molecular formula is C20H24N2O3. The number of aryl methyl sites for hydroxylation is 2. The third-order valence-electron chi connectivity index (χ3n) is 3.84. The SMILES string of the molecule is Cc1ccc(C(=O)NCCNC(=O)CCOc2ccccc2)cc1C. The summed E-state index contributed by atoms with van der Waals surface area (Å²) in [5.74, 6) is 0.511. The van der Waals surface area contributed by atoms with E-state index in [1.807, 2.05) is 56.3 Å². The fourth-order valence-electron chi connectivity index (χ4n) is 2.23. The van der Waals surface area contributed by atoms with Crippen LogP contribution in [0.25, 0.3) is 0 Å². The van der Waals surface area contributed by atoms with E-state index in [0.717, 1.165) is 16.9 Å². The van der Waals surface area contributed by atoms with Gasteiger partial charge in [-0.2, -0.15) is 0 Å². The van der Waals surface area contributed by atoms with Crippen LogP contribution in [-0.4, -0.2) is 31.5 Å². The molecule has 2 rings (SSSR count). The van der Waals surface area contributed by atoms with E-state index in [4.69, 9.17) is 4.74 Å². The lowest BCUT2D eigenvalue weighted by Crippen LogP contribution is -2.35. The second-order valence-electron chi connectivity index (χ2n) is 5.82. The smallest absolute Gasteiger partial charge is 0.251 e. The Morgan fingerprint density at radius 1 is 0.920 bits per heavy atom. The third kappa shape index (κ3) is 6.30. The highest BCUT2D eigenvalue weighted by Gasteiger charge is 2.06. The molecule has 0 aliphatic heterocycles. The van der Waals surface area contributed by atoms with E-state index >= 15 is 0 Å². The molecular weight excluding hydrogens is 316 g/mol. The van der Waals surface area contributed by atoms with Gasteiger partial charge in [-0.15, -0.1) is 0 Å².